The Morgan fingerprint density at radius 1 is 1.46 bits per heavy atom. The van der Waals surface area contributed by atoms with Crippen LogP contribution in [0, 0.1) is 5.41 Å². The van der Waals surface area contributed by atoms with Gasteiger partial charge in [0.15, 0.2) is 0 Å². The van der Waals surface area contributed by atoms with Crippen LogP contribution in [0.3, 0.4) is 0 Å². The van der Waals surface area contributed by atoms with Crippen molar-refractivity contribution in [3.05, 3.63) is 12.7 Å². The molecule has 0 aliphatic carbocycles. The van der Waals surface area contributed by atoms with Crippen molar-refractivity contribution in [3.8, 4) is 0 Å². The third-order valence-corrected chi connectivity index (χ3v) is 2.94. The maximum absolute atomic E-state index is 11.3. The quantitative estimate of drug-likeness (QED) is 0.478. The fraction of sp³-hybridized carbons (Fsp3) is 0.727. The van der Waals surface area contributed by atoms with Crippen LogP contribution in [0.15, 0.2) is 12.7 Å². The number of allylic oxidation sites excluding steroid dienone is 1. The lowest BCUT2D eigenvalue weighted by atomic mass is 9.77. The average Bonchev–Trinajstić information content (AvgIpc) is 2.13. The maximum atomic E-state index is 11.3. The van der Waals surface area contributed by atoms with Crippen LogP contribution in [-0.2, 0) is 4.79 Å². The molecule has 0 aromatic heterocycles. The molecule has 0 atom stereocenters. The number of hydrogen-bond donors (Lipinski definition) is 1. The summed E-state index contributed by atoms with van der Waals surface area (Å²) in [5.74, 6) is -0.151. The van der Waals surface area contributed by atoms with Crippen LogP contribution in [0.5, 0.6) is 0 Å². The Hall–Kier alpha value is -0.790. The Kier molecular flexibility index (Phi) is 5.44. The van der Waals surface area contributed by atoms with Gasteiger partial charge >= 0.3 is 0 Å². The van der Waals surface area contributed by atoms with E-state index in [4.69, 9.17) is 5.73 Å². The summed E-state index contributed by atoms with van der Waals surface area (Å²) in [6.07, 6.45) is 6.44. The van der Waals surface area contributed by atoms with Crippen molar-refractivity contribution in [2.75, 3.05) is 0 Å². The predicted octanol–water partition coefficient (Wildman–Crippen LogP) is 2.63. The van der Waals surface area contributed by atoms with Gasteiger partial charge in [0.25, 0.3) is 0 Å². The highest BCUT2D eigenvalue weighted by Gasteiger charge is 2.31. The summed E-state index contributed by atoms with van der Waals surface area (Å²) in [4.78, 5) is 11.3. The number of rotatable bonds is 7. The molecule has 0 radical (unpaired) electrons. The lowest BCUT2D eigenvalue weighted by molar-refractivity contribution is -0.128. The van der Waals surface area contributed by atoms with E-state index >= 15 is 0 Å². The SMILES string of the molecule is C=CCCCC(CC)(CC)C(N)=O. The van der Waals surface area contributed by atoms with Crippen molar-refractivity contribution in [3.63, 3.8) is 0 Å². The Balaban J connectivity index is 4.21. The first-order valence-corrected chi connectivity index (χ1v) is 5.03. The van der Waals surface area contributed by atoms with E-state index in [-0.39, 0.29) is 11.3 Å². The molecule has 0 unspecified atom stereocenters. The molecule has 0 aromatic rings. The summed E-state index contributed by atoms with van der Waals surface area (Å²) in [6.45, 7) is 7.72. The van der Waals surface area contributed by atoms with Crippen molar-refractivity contribution in [2.24, 2.45) is 11.1 Å². The van der Waals surface area contributed by atoms with Crippen LogP contribution in [0.4, 0.5) is 0 Å². The van der Waals surface area contributed by atoms with Gasteiger partial charge in [0.05, 0.1) is 0 Å². The minimum atomic E-state index is -0.275. The number of carbonyl (C=O) groups excluding carboxylic acids is 1. The molecule has 76 valence electrons. The average molecular weight is 183 g/mol. The summed E-state index contributed by atoms with van der Waals surface area (Å²) in [7, 11) is 0. The van der Waals surface area contributed by atoms with E-state index in [1.165, 1.54) is 0 Å². The zero-order chi connectivity index (χ0) is 10.3. The van der Waals surface area contributed by atoms with Crippen LogP contribution in [0.25, 0.3) is 0 Å². The van der Waals surface area contributed by atoms with Crippen molar-refractivity contribution < 1.29 is 4.79 Å². The first-order chi connectivity index (χ1) is 6.13. The van der Waals surface area contributed by atoms with E-state index in [1.54, 1.807) is 0 Å². The van der Waals surface area contributed by atoms with E-state index in [0.717, 1.165) is 32.1 Å². The molecule has 2 heteroatoms. The van der Waals surface area contributed by atoms with E-state index in [0.29, 0.717) is 0 Å². The predicted molar refractivity (Wildman–Crippen MR) is 56.3 cm³/mol. The van der Waals surface area contributed by atoms with E-state index in [1.807, 2.05) is 19.9 Å². The van der Waals surface area contributed by atoms with Crippen molar-refractivity contribution in [1.82, 2.24) is 0 Å². The summed E-state index contributed by atoms with van der Waals surface area (Å²) >= 11 is 0. The van der Waals surface area contributed by atoms with Crippen LogP contribution in [-0.4, -0.2) is 5.91 Å². The molecule has 2 N–H and O–H groups in total. The van der Waals surface area contributed by atoms with E-state index in [9.17, 15) is 4.79 Å². The Morgan fingerprint density at radius 3 is 2.31 bits per heavy atom. The van der Waals surface area contributed by atoms with Gasteiger partial charge < -0.3 is 5.73 Å². The van der Waals surface area contributed by atoms with Gasteiger partial charge in [-0.25, -0.2) is 0 Å². The topological polar surface area (TPSA) is 43.1 Å². The normalized spacial score (nSPS) is 11.2. The van der Waals surface area contributed by atoms with E-state index in [2.05, 4.69) is 6.58 Å². The summed E-state index contributed by atoms with van der Waals surface area (Å²) < 4.78 is 0. The Labute approximate surface area is 81.2 Å². The number of nitrogens with two attached hydrogens (primary N) is 1. The molecular weight excluding hydrogens is 162 g/mol. The number of hydrogen-bond acceptors (Lipinski definition) is 1. The van der Waals surface area contributed by atoms with Crippen LogP contribution in [0.2, 0.25) is 0 Å². The number of unbranched alkanes of at least 4 members (excludes halogenated alkanes) is 1. The minimum absolute atomic E-state index is 0.151. The zero-order valence-corrected chi connectivity index (χ0v) is 8.81. The third-order valence-electron chi connectivity index (χ3n) is 2.94. The molecule has 0 spiro atoms. The standard InChI is InChI=1S/C11H21NO/c1-4-7-8-9-11(5-2,6-3)10(12)13/h4H,1,5-9H2,2-3H3,(H2,12,13). The molecule has 0 rings (SSSR count). The molecule has 0 bridgehead atoms. The first kappa shape index (κ1) is 12.2. The highest BCUT2D eigenvalue weighted by Crippen LogP contribution is 2.32. The minimum Gasteiger partial charge on any atom is -0.369 e. The first-order valence-electron chi connectivity index (χ1n) is 5.03. The van der Waals surface area contributed by atoms with Crippen LogP contribution >= 0.6 is 0 Å². The molecule has 0 aliphatic heterocycles. The van der Waals surface area contributed by atoms with Gasteiger partial charge in [0.1, 0.15) is 0 Å². The number of primary amides is 1. The second-order valence-electron chi connectivity index (χ2n) is 3.53. The zero-order valence-electron chi connectivity index (χ0n) is 8.81. The van der Waals surface area contributed by atoms with Gasteiger partial charge in [-0.3, -0.25) is 4.79 Å². The molecule has 0 saturated heterocycles. The smallest absolute Gasteiger partial charge is 0.223 e. The lowest BCUT2D eigenvalue weighted by Gasteiger charge is -2.27. The molecule has 2 nitrogen and oxygen atoms in total. The molecule has 13 heavy (non-hydrogen) atoms. The van der Waals surface area contributed by atoms with Crippen molar-refractivity contribution >= 4 is 5.91 Å². The summed E-state index contributed by atoms with van der Waals surface area (Å²) in [6, 6.07) is 0. The van der Waals surface area contributed by atoms with Crippen LogP contribution < -0.4 is 5.73 Å². The Morgan fingerprint density at radius 2 is 2.00 bits per heavy atom. The fourth-order valence-corrected chi connectivity index (χ4v) is 1.66. The maximum Gasteiger partial charge on any atom is 0.223 e. The summed E-state index contributed by atoms with van der Waals surface area (Å²) in [5.41, 5.74) is 5.14. The van der Waals surface area contributed by atoms with Gasteiger partial charge in [-0.05, 0) is 32.1 Å². The number of carbonyl (C=O) groups is 1. The lowest BCUT2D eigenvalue weighted by Crippen LogP contribution is -2.36. The molecule has 0 aromatic carbocycles. The monoisotopic (exact) mass is 183 g/mol. The highest BCUT2D eigenvalue weighted by atomic mass is 16.1. The molecule has 0 saturated carbocycles. The molecule has 1 amide bonds. The second kappa shape index (κ2) is 5.79. The largest absolute Gasteiger partial charge is 0.369 e. The molecular formula is C11H21NO. The van der Waals surface area contributed by atoms with Crippen molar-refractivity contribution in [1.29, 1.82) is 0 Å². The van der Waals surface area contributed by atoms with E-state index < -0.39 is 0 Å². The molecule has 0 heterocycles. The molecule has 0 aliphatic rings. The fourth-order valence-electron chi connectivity index (χ4n) is 1.66. The highest BCUT2D eigenvalue weighted by molar-refractivity contribution is 5.80. The van der Waals surface area contributed by atoms with Crippen LogP contribution in [0.1, 0.15) is 46.0 Å². The number of amides is 1. The van der Waals surface area contributed by atoms with Gasteiger partial charge in [-0.15, -0.1) is 6.58 Å². The van der Waals surface area contributed by atoms with Gasteiger partial charge in [0.2, 0.25) is 5.91 Å². The molecule has 0 fully saturated rings. The van der Waals surface area contributed by atoms with Crippen molar-refractivity contribution in [2.45, 2.75) is 46.0 Å². The van der Waals surface area contributed by atoms with Gasteiger partial charge in [-0.1, -0.05) is 19.9 Å². The second-order valence-corrected chi connectivity index (χ2v) is 3.53. The summed E-state index contributed by atoms with van der Waals surface area (Å²) in [5, 5.41) is 0. The van der Waals surface area contributed by atoms with Gasteiger partial charge in [0, 0.05) is 5.41 Å². The van der Waals surface area contributed by atoms with Gasteiger partial charge in [-0.2, -0.15) is 0 Å². The Bertz CT molecular complexity index is 171. The third kappa shape index (κ3) is 3.21.